The van der Waals surface area contributed by atoms with Gasteiger partial charge in [0.15, 0.2) is 0 Å². The number of carbonyl (C=O) groups excluding carboxylic acids is 1. The normalized spacial score (nSPS) is 16.4. The molecule has 0 spiro atoms. The van der Waals surface area contributed by atoms with E-state index in [0.29, 0.717) is 6.42 Å². The molecule has 6 heteroatoms. The minimum atomic E-state index is 0.0726. The molecule has 1 amide bonds. The number of amides is 1. The maximum Gasteiger partial charge on any atom is 0.223 e. The van der Waals surface area contributed by atoms with Gasteiger partial charge >= 0.3 is 0 Å². The Morgan fingerprint density at radius 3 is 2.87 bits per heavy atom. The lowest BCUT2D eigenvalue weighted by Gasteiger charge is -2.24. The second-order valence-electron chi connectivity index (χ2n) is 7.98. The zero-order valence-electron chi connectivity index (χ0n) is 17.1. The summed E-state index contributed by atoms with van der Waals surface area (Å²) in [5, 5.41) is 5.43. The smallest absolute Gasteiger partial charge is 0.223 e. The van der Waals surface area contributed by atoms with E-state index in [4.69, 9.17) is 4.98 Å². The fraction of sp³-hybridized carbons (Fsp3) is 0.292. The average Bonchev–Trinajstić information content (AvgIpc) is 3.52. The predicted molar refractivity (Wildman–Crippen MR) is 117 cm³/mol. The number of hydrogen-bond acceptors (Lipinski definition) is 3. The molecule has 0 unspecified atom stereocenters. The van der Waals surface area contributed by atoms with E-state index < -0.39 is 0 Å². The lowest BCUT2D eigenvalue weighted by Crippen LogP contribution is -2.31. The number of aryl methyl sites for hydroxylation is 2. The number of nitrogens with zero attached hydrogens (tertiary/aromatic N) is 4. The van der Waals surface area contributed by atoms with Crippen molar-refractivity contribution in [1.82, 2.24) is 24.6 Å². The summed E-state index contributed by atoms with van der Waals surface area (Å²) in [6.45, 7) is 0.809. The molecule has 1 aliphatic rings. The van der Waals surface area contributed by atoms with Crippen molar-refractivity contribution < 1.29 is 4.79 Å². The molecule has 4 heterocycles. The largest absolute Gasteiger partial charge is 0.361 e. The first-order valence-electron chi connectivity index (χ1n) is 10.5. The lowest BCUT2D eigenvalue weighted by atomic mass is 10.1. The van der Waals surface area contributed by atoms with Crippen LogP contribution in [-0.2, 0) is 18.3 Å². The molecule has 0 radical (unpaired) electrons. The van der Waals surface area contributed by atoms with Crippen LogP contribution in [0.1, 0.15) is 36.6 Å². The van der Waals surface area contributed by atoms with Crippen LogP contribution in [0.5, 0.6) is 0 Å². The van der Waals surface area contributed by atoms with Crippen molar-refractivity contribution in [3.05, 3.63) is 72.4 Å². The Balaban J connectivity index is 1.28. The first-order valence-corrected chi connectivity index (χ1v) is 10.5. The molecule has 1 aliphatic heterocycles. The molecule has 1 N–H and O–H groups in total. The van der Waals surface area contributed by atoms with Crippen molar-refractivity contribution in [3.8, 4) is 11.1 Å². The topological polar surface area (TPSA) is 66.8 Å². The predicted octanol–water partition coefficient (Wildman–Crippen LogP) is 4.26. The highest BCUT2D eigenvalue weighted by molar-refractivity contribution is 5.84. The zero-order valence-corrected chi connectivity index (χ0v) is 17.1. The van der Waals surface area contributed by atoms with Crippen molar-refractivity contribution >= 4 is 16.8 Å². The van der Waals surface area contributed by atoms with Crippen LogP contribution >= 0.6 is 0 Å². The van der Waals surface area contributed by atoms with Crippen LogP contribution in [0.25, 0.3) is 22.0 Å². The summed E-state index contributed by atoms with van der Waals surface area (Å²) in [5.74, 6) is 0.209. The van der Waals surface area contributed by atoms with Crippen molar-refractivity contribution in [3.63, 3.8) is 0 Å². The lowest BCUT2D eigenvalue weighted by molar-refractivity contribution is -0.132. The highest BCUT2D eigenvalue weighted by Gasteiger charge is 2.30. The highest BCUT2D eigenvalue weighted by Crippen LogP contribution is 2.32. The van der Waals surface area contributed by atoms with E-state index in [1.165, 1.54) is 10.9 Å². The molecule has 6 nitrogen and oxygen atoms in total. The van der Waals surface area contributed by atoms with Crippen molar-refractivity contribution in [2.75, 3.05) is 6.54 Å². The van der Waals surface area contributed by atoms with E-state index in [1.807, 2.05) is 48.9 Å². The SMILES string of the molecule is Cn1cc(-c2ccc([C@@H]3CCCN3C(=O)CCc3c[nH]c4ccccc34)nc2)cn1. The van der Waals surface area contributed by atoms with Gasteiger partial charge in [-0.25, -0.2) is 0 Å². The number of nitrogens with one attached hydrogen (secondary N) is 1. The van der Waals surface area contributed by atoms with Crippen LogP contribution in [0.15, 0.2) is 61.2 Å². The van der Waals surface area contributed by atoms with Gasteiger partial charge in [0, 0.05) is 60.6 Å². The van der Waals surface area contributed by atoms with Crippen LogP contribution in [0.3, 0.4) is 0 Å². The van der Waals surface area contributed by atoms with Gasteiger partial charge < -0.3 is 9.88 Å². The van der Waals surface area contributed by atoms with E-state index >= 15 is 0 Å². The van der Waals surface area contributed by atoms with E-state index in [1.54, 1.807) is 4.68 Å². The highest BCUT2D eigenvalue weighted by atomic mass is 16.2. The molecule has 152 valence electrons. The van der Waals surface area contributed by atoms with Crippen molar-refractivity contribution in [2.24, 2.45) is 7.05 Å². The summed E-state index contributed by atoms with van der Waals surface area (Å²) in [5.41, 5.74) is 5.39. The summed E-state index contributed by atoms with van der Waals surface area (Å²) in [6.07, 6.45) is 11.0. The molecular weight excluding hydrogens is 374 g/mol. The van der Waals surface area contributed by atoms with Gasteiger partial charge in [0.25, 0.3) is 0 Å². The molecule has 0 saturated carbocycles. The second kappa shape index (κ2) is 7.78. The first kappa shape index (κ1) is 18.6. The molecule has 5 rings (SSSR count). The summed E-state index contributed by atoms with van der Waals surface area (Å²) >= 11 is 0. The minimum Gasteiger partial charge on any atom is -0.361 e. The Bertz CT molecular complexity index is 1170. The number of H-pyrrole nitrogens is 1. The van der Waals surface area contributed by atoms with E-state index in [2.05, 4.69) is 34.3 Å². The van der Waals surface area contributed by atoms with Crippen LogP contribution in [0, 0.1) is 0 Å². The summed E-state index contributed by atoms with van der Waals surface area (Å²) < 4.78 is 1.79. The Labute approximate surface area is 175 Å². The average molecular weight is 399 g/mol. The molecular formula is C24H25N5O. The quantitative estimate of drug-likeness (QED) is 0.545. The van der Waals surface area contributed by atoms with E-state index in [-0.39, 0.29) is 11.9 Å². The monoisotopic (exact) mass is 399 g/mol. The molecule has 1 atom stereocenters. The summed E-state index contributed by atoms with van der Waals surface area (Å²) in [6, 6.07) is 12.4. The number of fused-ring (bicyclic) bond motifs is 1. The minimum absolute atomic E-state index is 0.0726. The third kappa shape index (κ3) is 3.49. The molecule has 1 saturated heterocycles. The number of pyridine rings is 1. The maximum absolute atomic E-state index is 13.0. The van der Waals surface area contributed by atoms with Crippen molar-refractivity contribution in [1.29, 1.82) is 0 Å². The number of benzene rings is 1. The number of aromatic amines is 1. The van der Waals surface area contributed by atoms with Crippen LogP contribution in [0.4, 0.5) is 0 Å². The van der Waals surface area contributed by atoms with Gasteiger partial charge in [-0.3, -0.25) is 14.5 Å². The number of likely N-dealkylation sites (tertiary alicyclic amines) is 1. The van der Waals surface area contributed by atoms with Crippen LogP contribution in [-0.4, -0.2) is 37.1 Å². The third-order valence-corrected chi connectivity index (χ3v) is 6.02. The van der Waals surface area contributed by atoms with Crippen LogP contribution < -0.4 is 0 Å². The fourth-order valence-electron chi connectivity index (χ4n) is 4.44. The Morgan fingerprint density at radius 2 is 2.07 bits per heavy atom. The zero-order chi connectivity index (χ0) is 20.5. The van der Waals surface area contributed by atoms with Gasteiger partial charge in [-0.15, -0.1) is 0 Å². The number of aromatic nitrogens is 4. The van der Waals surface area contributed by atoms with E-state index in [0.717, 1.165) is 48.1 Å². The molecule has 0 bridgehead atoms. The van der Waals surface area contributed by atoms with Gasteiger partial charge in [0.1, 0.15) is 0 Å². The van der Waals surface area contributed by atoms with Crippen LogP contribution in [0.2, 0.25) is 0 Å². The van der Waals surface area contributed by atoms with Crippen molar-refractivity contribution in [2.45, 2.75) is 31.7 Å². The van der Waals surface area contributed by atoms with Gasteiger partial charge in [-0.1, -0.05) is 24.3 Å². The summed E-state index contributed by atoms with van der Waals surface area (Å²) in [4.78, 5) is 23.0. The molecule has 0 aliphatic carbocycles. The Kier molecular flexibility index (Phi) is 4.83. The second-order valence-corrected chi connectivity index (χ2v) is 7.98. The van der Waals surface area contributed by atoms with Gasteiger partial charge in [-0.2, -0.15) is 5.10 Å². The number of hydrogen-bond donors (Lipinski definition) is 1. The van der Waals surface area contributed by atoms with Gasteiger partial charge in [0.2, 0.25) is 5.91 Å². The Morgan fingerprint density at radius 1 is 1.17 bits per heavy atom. The standard InChI is InChI=1S/C24H25N5O/c1-28-16-19(15-27-28)17-8-10-22(26-13-17)23-7-4-12-29(23)24(30)11-9-18-14-25-21-6-3-2-5-20(18)21/h2-3,5-6,8,10,13-16,23,25H,4,7,9,11-12H2,1H3/t23-/m0/s1. The number of rotatable bonds is 5. The molecule has 30 heavy (non-hydrogen) atoms. The molecule has 3 aromatic heterocycles. The number of carbonyl (C=O) groups is 1. The third-order valence-electron chi connectivity index (χ3n) is 6.02. The molecule has 4 aromatic rings. The van der Waals surface area contributed by atoms with Gasteiger partial charge in [0.05, 0.1) is 17.9 Å². The van der Waals surface area contributed by atoms with E-state index in [9.17, 15) is 4.79 Å². The molecule has 1 fully saturated rings. The Hall–Kier alpha value is -3.41. The summed E-state index contributed by atoms with van der Waals surface area (Å²) in [7, 11) is 1.91. The fourth-order valence-corrected chi connectivity index (χ4v) is 4.44. The number of para-hydroxylation sites is 1. The first-order chi connectivity index (χ1) is 14.7. The van der Waals surface area contributed by atoms with Gasteiger partial charge in [-0.05, 0) is 37.0 Å². The molecule has 1 aromatic carbocycles. The maximum atomic E-state index is 13.0.